The van der Waals surface area contributed by atoms with Crippen LogP contribution in [0.25, 0.3) is 0 Å². The van der Waals surface area contributed by atoms with Crippen LogP contribution in [0.5, 0.6) is 0 Å². The number of benzene rings is 1. The molecule has 0 aromatic heterocycles. The number of Topliss-reactive ketones (excluding diaryl/α,β-unsaturated/α-hetero) is 1. The van der Waals surface area contributed by atoms with E-state index in [2.05, 4.69) is 28.6 Å². The Labute approximate surface area is 91.1 Å². The molecule has 0 aliphatic heterocycles. The van der Waals surface area contributed by atoms with Gasteiger partial charge >= 0.3 is 0 Å². The maximum absolute atomic E-state index is 11.1. The zero-order valence-electron chi connectivity index (χ0n) is 6.96. The first kappa shape index (κ1) is 10.6. The highest BCUT2D eigenvalue weighted by Crippen LogP contribution is 2.18. The Morgan fingerprint density at radius 1 is 1.54 bits per heavy atom. The van der Waals surface area contributed by atoms with Crippen molar-refractivity contribution in [3.63, 3.8) is 0 Å². The highest BCUT2D eigenvalue weighted by molar-refractivity contribution is 9.09. The maximum atomic E-state index is 11.1. The fourth-order valence-electron chi connectivity index (χ4n) is 1.01. The molecule has 0 spiro atoms. The predicted octanol–water partition coefficient (Wildman–Crippen LogP) is 2.06. The Hall–Kier alpha value is -0.480. The summed E-state index contributed by atoms with van der Waals surface area (Å²) in [6, 6.07) is 5.35. The Bertz CT molecular complexity index is 327. The molecule has 70 valence electrons. The molecule has 2 nitrogen and oxygen atoms in total. The molecule has 0 aliphatic carbocycles. The highest BCUT2D eigenvalue weighted by Gasteiger charge is 2.05. The molecule has 0 unspecified atom stereocenters. The summed E-state index contributed by atoms with van der Waals surface area (Å²) >= 11 is 7.35. The summed E-state index contributed by atoms with van der Waals surface area (Å²) in [5.74, 6) is 0.126. The molecule has 0 fully saturated rings. The average molecular weight is 260 g/mol. The molecular formula is C9H10BrNOS. The van der Waals surface area contributed by atoms with Crippen molar-refractivity contribution in [1.29, 1.82) is 0 Å². The predicted molar refractivity (Wildman–Crippen MR) is 60.6 cm³/mol. The van der Waals surface area contributed by atoms with Crippen LogP contribution in [0.3, 0.4) is 0 Å². The van der Waals surface area contributed by atoms with Gasteiger partial charge in [-0.25, -0.2) is 0 Å². The van der Waals surface area contributed by atoms with Crippen LogP contribution in [0.15, 0.2) is 23.1 Å². The smallest absolute Gasteiger partial charge is 0.147 e. The van der Waals surface area contributed by atoms with Crippen molar-refractivity contribution < 1.29 is 4.79 Å². The van der Waals surface area contributed by atoms with Crippen molar-refractivity contribution >= 4 is 40.0 Å². The van der Waals surface area contributed by atoms with Crippen molar-refractivity contribution in [3.05, 3.63) is 23.8 Å². The molecule has 2 N–H and O–H groups in total. The average Bonchev–Trinajstić information content (AvgIpc) is 2.11. The molecular weight excluding hydrogens is 250 g/mol. The molecule has 1 rings (SSSR count). The summed E-state index contributed by atoms with van der Waals surface area (Å²) in [5, 5.41) is 0.370. The van der Waals surface area contributed by atoms with Crippen molar-refractivity contribution in [2.75, 3.05) is 11.1 Å². The summed E-state index contributed by atoms with van der Waals surface area (Å²) in [7, 11) is 0. The SMILES string of the molecule is Nc1ccc(S)c(CC(=O)CBr)c1. The number of thiol groups is 1. The molecule has 0 aliphatic rings. The van der Waals surface area contributed by atoms with E-state index in [0.717, 1.165) is 10.5 Å². The lowest BCUT2D eigenvalue weighted by Crippen LogP contribution is -2.04. The monoisotopic (exact) mass is 259 g/mol. The number of hydrogen-bond donors (Lipinski definition) is 2. The van der Waals surface area contributed by atoms with Crippen LogP contribution in [0, 0.1) is 0 Å². The molecule has 0 saturated carbocycles. The van der Waals surface area contributed by atoms with Gasteiger partial charge < -0.3 is 5.73 Å². The number of alkyl halides is 1. The normalized spacial score (nSPS) is 10.0. The van der Waals surface area contributed by atoms with Crippen LogP contribution >= 0.6 is 28.6 Å². The second-order valence-electron chi connectivity index (χ2n) is 2.74. The quantitative estimate of drug-likeness (QED) is 0.496. The van der Waals surface area contributed by atoms with E-state index in [0.29, 0.717) is 17.4 Å². The lowest BCUT2D eigenvalue weighted by atomic mass is 10.1. The highest BCUT2D eigenvalue weighted by atomic mass is 79.9. The van der Waals surface area contributed by atoms with E-state index < -0.39 is 0 Å². The van der Waals surface area contributed by atoms with Crippen molar-refractivity contribution in [2.24, 2.45) is 0 Å². The van der Waals surface area contributed by atoms with E-state index in [9.17, 15) is 4.79 Å². The molecule has 4 heteroatoms. The minimum Gasteiger partial charge on any atom is -0.399 e. The van der Waals surface area contributed by atoms with E-state index in [1.807, 2.05) is 0 Å². The molecule has 0 atom stereocenters. The van der Waals surface area contributed by atoms with Gasteiger partial charge in [-0.3, -0.25) is 4.79 Å². The first-order valence-corrected chi connectivity index (χ1v) is 5.35. The number of rotatable bonds is 3. The van der Waals surface area contributed by atoms with Gasteiger partial charge in [0.05, 0.1) is 5.33 Å². The molecule has 1 aromatic carbocycles. The van der Waals surface area contributed by atoms with Crippen molar-refractivity contribution in [2.45, 2.75) is 11.3 Å². The molecule has 1 aromatic rings. The fourth-order valence-corrected chi connectivity index (χ4v) is 1.42. The van der Waals surface area contributed by atoms with Crippen LogP contribution in [-0.2, 0) is 11.2 Å². The summed E-state index contributed by atoms with van der Waals surface area (Å²) in [6.07, 6.45) is 0.384. The number of anilines is 1. The lowest BCUT2D eigenvalue weighted by Gasteiger charge is -2.03. The third kappa shape index (κ3) is 3.04. The molecule has 0 radical (unpaired) electrons. The number of nitrogens with two attached hydrogens (primary N) is 1. The zero-order chi connectivity index (χ0) is 9.84. The van der Waals surface area contributed by atoms with Gasteiger partial charge in [-0.05, 0) is 23.8 Å². The van der Waals surface area contributed by atoms with E-state index in [1.54, 1.807) is 18.2 Å². The third-order valence-corrected chi connectivity index (χ3v) is 2.70. The lowest BCUT2D eigenvalue weighted by molar-refractivity contribution is -0.115. The van der Waals surface area contributed by atoms with E-state index >= 15 is 0 Å². The summed E-state index contributed by atoms with van der Waals surface area (Å²) in [6.45, 7) is 0. The van der Waals surface area contributed by atoms with Gasteiger partial charge in [-0.1, -0.05) is 15.9 Å². The number of hydrogen-bond acceptors (Lipinski definition) is 3. The second kappa shape index (κ2) is 4.67. The van der Waals surface area contributed by atoms with Crippen LogP contribution < -0.4 is 5.73 Å². The van der Waals surface area contributed by atoms with Crippen LogP contribution in [0.2, 0.25) is 0 Å². The molecule has 0 saturated heterocycles. The minimum absolute atomic E-state index is 0.126. The summed E-state index contributed by atoms with van der Waals surface area (Å²) in [4.78, 5) is 11.9. The maximum Gasteiger partial charge on any atom is 0.147 e. The number of nitrogen functional groups attached to an aromatic ring is 1. The minimum atomic E-state index is 0.126. The van der Waals surface area contributed by atoms with Gasteiger partial charge in [-0.15, -0.1) is 12.6 Å². The van der Waals surface area contributed by atoms with Crippen LogP contribution in [-0.4, -0.2) is 11.1 Å². The van der Waals surface area contributed by atoms with Gasteiger partial charge in [-0.2, -0.15) is 0 Å². The summed E-state index contributed by atoms with van der Waals surface area (Å²) < 4.78 is 0. The van der Waals surface area contributed by atoms with E-state index in [4.69, 9.17) is 5.73 Å². The second-order valence-corrected chi connectivity index (χ2v) is 3.78. The van der Waals surface area contributed by atoms with Gasteiger partial charge in [0.1, 0.15) is 5.78 Å². The first-order valence-electron chi connectivity index (χ1n) is 3.78. The standard InChI is InChI=1S/C9H10BrNOS/c10-5-8(12)4-6-3-7(11)1-2-9(6)13/h1-3,13H,4-5,11H2. The number of carbonyl (C=O) groups is 1. The van der Waals surface area contributed by atoms with Gasteiger partial charge in [0.15, 0.2) is 0 Å². The summed E-state index contributed by atoms with van der Waals surface area (Å²) in [5.41, 5.74) is 7.13. The van der Waals surface area contributed by atoms with Crippen molar-refractivity contribution in [3.8, 4) is 0 Å². The fraction of sp³-hybridized carbons (Fsp3) is 0.222. The van der Waals surface area contributed by atoms with Gasteiger partial charge in [0.25, 0.3) is 0 Å². The van der Waals surface area contributed by atoms with Gasteiger partial charge in [0.2, 0.25) is 0 Å². The Morgan fingerprint density at radius 3 is 2.85 bits per heavy atom. The number of halogens is 1. The molecule has 13 heavy (non-hydrogen) atoms. The van der Waals surface area contributed by atoms with E-state index in [1.165, 1.54) is 0 Å². The third-order valence-electron chi connectivity index (χ3n) is 1.64. The Kier molecular flexibility index (Phi) is 3.81. The Balaban J connectivity index is 2.87. The Morgan fingerprint density at radius 2 is 2.23 bits per heavy atom. The van der Waals surface area contributed by atoms with Crippen LogP contribution in [0.1, 0.15) is 5.56 Å². The molecule has 0 bridgehead atoms. The molecule has 0 amide bonds. The topological polar surface area (TPSA) is 43.1 Å². The molecule has 0 heterocycles. The zero-order valence-corrected chi connectivity index (χ0v) is 9.44. The van der Waals surface area contributed by atoms with E-state index in [-0.39, 0.29) is 5.78 Å². The number of ketones is 1. The largest absolute Gasteiger partial charge is 0.399 e. The van der Waals surface area contributed by atoms with Crippen molar-refractivity contribution in [1.82, 2.24) is 0 Å². The first-order chi connectivity index (χ1) is 6.13. The van der Waals surface area contributed by atoms with Gasteiger partial charge in [0, 0.05) is 17.0 Å². The number of carbonyl (C=O) groups excluding carboxylic acids is 1. The van der Waals surface area contributed by atoms with Crippen LogP contribution in [0.4, 0.5) is 5.69 Å².